The number of rotatable bonds is 6. The molecule has 3 N–H and O–H groups in total. The molecule has 0 spiro atoms. The van der Waals surface area contributed by atoms with Crippen molar-refractivity contribution in [1.29, 1.82) is 0 Å². The Balaban J connectivity index is 0.00000242. The summed E-state index contributed by atoms with van der Waals surface area (Å²) in [6.07, 6.45) is 1.60. The van der Waals surface area contributed by atoms with E-state index in [2.05, 4.69) is 5.32 Å². The molecule has 1 amide bonds. The predicted octanol–water partition coefficient (Wildman–Crippen LogP) is 0.775. The highest BCUT2D eigenvalue weighted by atomic mass is 35.5. The fourth-order valence-electron chi connectivity index (χ4n) is 2.36. The van der Waals surface area contributed by atoms with Gasteiger partial charge in [0, 0.05) is 31.7 Å². The number of carbonyl (C=O) groups excluding carboxylic acids is 1. The van der Waals surface area contributed by atoms with E-state index in [0.29, 0.717) is 44.6 Å². The van der Waals surface area contributed by atoms with Gasteiger partial charge in [0.1, 0.15) is 0 Å². The first-order chi connectivity index (χ1) is 9.99. The zero-order chi connectivity index (χ0) is 15.3. The number of halogens is 1. The summed E-state index contributed by atoms with van der Waals surface area (Å²) < 4.78 is 24.6. The van der Waals surface area contributed by atoms with Crippen LogP contribution >= 0.6 is 12.4 Å². The molecule has 6 nitrogen and oxygen atoms in total. The molecular weight excluding hydrogens is 326 g/mol. The molecule has 0 unspecified atom stereocenters. The van der Waals surface area contributed by atoms with Gasteiger partial charge in [0.15, 0.2) is 0 Å². The monoisotopic (exact) mass is 347 g/mol. The summed E-state index contributed by atoms with van der Waals surface area (Å²) >= 11 is 0. The van der Waals surface area contributed by atoms with Crippen molar-refractivity contribution in [2.75, 3.05) is 31.1 Å². The van der Waals surface area contributed by atoms with Gasteiger partial charge in [-0.1, -0.05) is 18.2 Å². The molecule has 0 bridgehead atoms. The number of aryl methyl sites for hydroxylation is 1. The summed E-state index contributed by atoms with van der Waals surface area (Å²) in [6.45, 7) is 1.25. The van der Waals surface area contributed by atoms with Crippen LogP contribution in [0.4, 0.5) is 5.69 Å². The second-order valence-corrected chi connectivity index (χ2v) is 7.21. The predicted molar refractivity (Wildman–Crippen MR) is 89.4 cm³/mol. The number of hydrogen-bond donors (Lipinski definition) is 2. The van der Waals surface area contributed by atoms with Crippen LogP contribution in [0, 0.1) is 0 Å². The van der Waals surface area contributed by atoms with Gasteiger partial charge in [-0.25, -0.2) is 12.7 Å². The Labute approximate surface area is 137 Å². The van der Waals surface area contributed by atoms with Gasteiger partial charge in [0.05, 0.1) is 5.75 Å². The molecule has 124 valence electrons. The minimum Gasteiger partial charge on any atom is -0.399 e. The fourth-order valence-corrected chi connectivity index (χ4v) is 3.89. The van der Waals surface area contributed by atoms with Crippen molar-refractivity contribution >= 4 is 34.0 Å². The van der Waals surface area contributed by atoms with Gasteiger partial charge in [-0.2, -0.15) is 0 Å². The first-order valence-corrected chi connectivity index (χ1v) is 8.68. The minimum absolute atomic E-state index is 0. The summed E-state index contributed by atoms with van der Waals surface area (Å²) in [5.41, 5.74) is 7.46. The summed E-state index contributed by atoms with van der Waals surface area (Å²) in [7, 11) is -3.08. The highest BCUT2D eigenvalue weighted by molar-refractivity contribution is 7.89. The van der Waals surface area contributed by atoms with Gasteiger partial charge in [0.2, 0.25) is 15.9 Å². The summed E-state index contributed by atoms with van der Waals surface area (Å²) in [4.78, 5) is 11.7. The Bertz CT molecular complexity index is 607. The number of benzene rings is 1. The zero-order valence-electron chi connectivity index (χ0n) is 12.3. The van der Waals surface area contributed by atoms with E-state index < -0.39 is 10.0 Å². The second-order valence-electron chi connectivity index (χ2n) is 5.12. The smallest absolute Gasteiger partial charge is 0.220 e. The van der Waals surface area contributed by atoms with Crippen molar-refractivity contribution in [2.45, 2.75) is 19.3 Å². The summed E-state index contributed by atoms with van der Waals surface area (Å²) in [5.74, 6) is 0.128. The standard InChI is InChI=1S/C14H21N3O3S.ClH/c15-13-5-2-1-4-12(13)6-7-14(18)16-8-10-17-9-3-11-21(17,19)20;/h1-2,4-5H,3,6-11,15H2,(H,16,18);1H. The van der Waals surface area contributed by atoms with Gasteiger partial charge in [-0.05, 0) is 24.5 Å². The van der Waals surface area contributed by atoms with Crippen molar-refractivity contribution in [3.8, 4) is 0 Å². The molecule has 1 saturated heterocycles. The van der Waals surface area contributed by atoms with Crippen LogP contribution in [0.2, 0.25) is 0 Å². The summed E-state index contributed by atoms with van der Waals surface area (Å²) in [6, 6.07) is 7.46. The Hall–Kier alpha value is -1.31. The number of nitrogens with zero attached hydrogens (tertiary/aromatic N) is 1. The Morgan fingerprint density at radius 1 is 1.32 bits per heavy atom. The molecule has 0 radical (unpaired) electrons. The SMILES string of the molecule is Cl.Nc1ccccc1CCC(=O)NCCN1CCCS1(=O)=O. The van der Waals surface area contributed by atoms with Crippen LogP contribution in [0.15, 0.2) is 24.3 Å². The third-order valence-electron chi connectivity index (χ3n) is 3.56. The highest BCUT2D eigenvalue weighted by Crippen LogP contribution is 2.13. The maximum absolute atomic E-state index is 11.7. The van der Waals surface area contributed by atoms with E-state index in [0.717, 1.165) is 5.56 Å². The number of nitrogens with one attached hydrogen (secondary N) is 1. The molecule has 1 aliphatic heterocycles. The lowest BCUT2D eigenvalue weighted by molar-refractivity contribution is -0.121. The van der Waals surface area contributed by atoms with Gasteiger partial charge >= 0.3 is 0 Å². The molecular formula is C14H22ClN3O3S. The van der Waals surface area contributed by atoms with Crippen molar-refractivity contribution in [3.05, 3.63) is 29.8 Å². The van der Waals surface area contributed by atoms with E-state index >= 15 is 0 Å². The van der Waals surface area contributed by atoms with Gasteiger partial charge in [-0.15, -0.1) is 12.4 Å². The Morgan fingerprint density at radius 3 is 2.68 bits per heavy atom. The molecule has 1 heterocycles. The van der Waals surface area contributed by atoms with Crippen LogP contribution in [-0.2, 0) is 21.2 Å². The maximum atomic E-state index is 11.7. The molecule has 1 aliphatic rings. The van der Waals surface area contributed by atoms with E-state index in [1.807, 2.05) is 24.3 Å². The fraction of sp³-hybridized carbons (Fsp3) is 0.500. The molecule has 1 fully saturated rings. The number of para-hydroxylation sites is 1. The van der Waals surface area contributed by atoms with Crippen LogP contribution in [0.3, 0.4) is 0 Å². The van der Waals surface area contributed by atoms with Gasteiger partial charge < -0.3 is 11.1 Å². The maximum Gasteiger partial charge on any atom is 0.220 e. The number of nitrogens with two attached hydrogens (primary N) is 1. The number of nitrogen functional groups attached to an aromatic ring is 1. The number of hydrogen-bond acceptors (Lipinski definition) is 4. The van der Waals surface area contributed by atoms with Crippen LogP contribution in [-0.4, -0.2) is 44.0 Å². The minimum atomic E-state index is -3.08. The number of amides is 1. The molecule has 1 aromatic rings. The van der Waals surface area contributed by atoms with Crippen molar-refractivity contribution in [1.82, 2.24) is 9.62 Å². The lowest BCUT2D eigenvalue weighted by Gasteiger charge is -2.14. The van der Waals surface area contributed by atoms with E-state index in [1.54, 1.807) is 0 Å². The molecule has 0 atom stereocenters. The Morgan fingerprint density at radius 2 is 2.05 bits per heavy atom. The number of carbonyl (C=O) groups is 1. The molecule has 0 aliphatic carbocycles. The number of sulfonamides is 1. The van der Waals surface area contributed by atoms with E-state index in [4.69, 9.17) is 5.73 Å². The first kappa shape index (κ1) is 18.7. The van der Waals surface area contributed by atoms with Gasteiger partial charge in [0.25, 0.3) is 0 Å². The second kappa shape index (κ2) is 8.36. The normalized spacial score (nSPS) is 16.9. The first-order valence-electron chi connectivity index (χ1n) is 7.07. The van der Waals surface area contributed by atoms with Crippen LogP contribution < -0.4 is 11.1 Å². The van der Waals surface area contributed by atoms with Crippen molar-refractivity contribution in [2.24, 2.45) is 0 Å². The van der Waals surface area contributed by atoms with Crippen LogP contribution in [0.1, 0.15) is 18.4 Å². The zero-order valence-corrected chi connectivity index (χ0v) is 14.0. The molecule has 1 aromatic carbocycles. The summed E-state index contributed by atoms with van der Waals surface area (Å²) in [5, 5.41) is 2.75. The lowest BCUT2D eigenvalue weighted by atomic mass is 10.1. The van der Waals surface area contributed by atoms with Crippen molar-refractivity contribution in [3.63, 3.8) is 0 Å². The van der Waals surface area contributed by atoms with Gasteiger partial charge in [-0.3, -0.25) is 4.79 Å². The van der Waals surface area contributed by atoms with Crippen LogP contribution in [0.5, 0.6) is 0 Å². The number of anilines is 1. The molecule has 0 saturated carbocycles. The average Bonchev–Trinajstić information content (AvgIpc) is 2.77. The highest BCUT2D eigenvalue weighted by Gasteiger charge is 2.27. The topological polar surface area (TPSA) is 92.5 Å². The van der Waals surface area contributed by atoms with Crippen LogP contribution in [0.25, 0.3) is 0 Å². The quantitative estimate of drug-likeness (QED) is 0.743. The molecule has 22 heavy (non-hydrogen) atoms. The average molecular weight is 348 g/mol. The molecule has 2 rings (SSSR count). The van der Waals surface area contributed by atoms with E-state index in [1.165, 1.54) is 4.31 Å². The molecule has 0 aromatic heterocycles. The lowest BCUT2D eigenvalue weighted by Crippen LogP contribution is -2.35. The third kappa shape index (κ3) is 5.15. The third-order valence-corrected chi connectivity index (χ3v) is 5.52. The largest absolute Gasteiger partial charge is 0.399 e. The van der Waals surface area contributed by atoms with E-state index in [-0.39, 0.29) is 24.1 Å². The van der Waals surface area contributed by atoms with E-state index in [9.17, 15) is 13.2 Å². The van der Waals surface area contributed by atoms with Crippen molar-refractivity contribution < 1.29 is 13.2 Å². The molecule has 8 heteroatoms. The Kier molecular flexibility index (Phi) is 7.12.